The molecule has 74 valence electrons. The average Bonchev–Trinajstić information content (AvgIpc) is 2.53. The number of hydrogen-bond acceptors (Lipinski definition) is 2. The second-order valence-corrected chi connectivity index (χ2v) is 3.48. The predicted octanol–water partition coefficient (Wildman–Crippen LogP) is 1.07. The van der Waals surface area contributed by atoms with Gasteiger partial charge in [0, 0.05) is 6.07 Å². The molecule has 0 unspecified atom stereocenters. The van der Waals surface area contributed by atoms with Crippen LogP contribution in [0.5, 0.6) is 0 Å². The third-order valence-corrected chi connectivity index (χ3v) is 2.91. The summed E-state index contributed by atoms with van der Waals surface area (Å²) in [6.07, 6.45) is 0. The Labute approximate surface area is 83.9 Å². The normalized spacial score (nSPS) is 17.7. The van der Waals surface area contributed by atoms with E-state index in [1.165, 1.54) is 0 Å². The fourth-order valence-electron chi connectivity index (χ4n) is 2.00. The maximum atomic E-state index is 11.6. The molecule has 0 aliphatic carbocycles. The van der Waals surface area contributed by atoms with Crippen molar-refractivity contribution in [1.82, 2.24) is 4.59 Å². The maximum Gasteiger partial charge on any atom is 0.167 e. The Bertz CT molecular complexity index is 381. The zero-order valence-electron chi connectivity index (χ0n) is 8.53. The molecule has 0 atom stereocenters. The molecule has 0 spiro atoms. The maximum absolute atomic E-state index is 11.6. The summed E-state index contributed by atoms with van der Waals surface area (Å²) in [6, 6.07) is 7.70. The largest absolute Gasteiger partial charge is 0.854 e. The third kappa shape index (κ3) is 1.06. The van der Waals surface area contributed by atoms with Crippen LogP contribution in [0.4, 0.5) is 5.69 Å². The molecule has 0 aromatic heterocycles. The van der Waals surface area contributed by atoms with Gasteiger partial charge in [-0.2, -0.15) is 4.59 Å². The van der Waals surface area contributed by atoms with E-state index in [9.17, 15) is 5.11 Å². The molecule has 0 fully saturated rings. The zero-order valence-corrected chi connectivity index (χ0v) is 8.53. The fourth-order valence-corrected chi connectivity index (χ4v) is 2.00. The Kier molecular flexibility index (Phi) is 2.04. The Morgan fingerprint density at radius 3 is 2.50 bits per heavy atom. The molecule has 3 heteroatoms. The van der Waals surface area contributed by atoms with Gasteiger partial charge in [-0.25, -0.2) is 0 Å². The molecule has 0 saturated heterocycles. The first-order valence-electron chi connectivity index (χ1n) is 4.98. The minimum absolute atomic E-state index is 0.0794. The van der Waals surface area contributed by atoms with Crippen LogP contribution in [0.15, 0.2) is 29.4 Å². The average molecular weight is 190 g/mol. The highest BCUT2D eigenvalue weighted by Crippen LogP contribution is 2.32. The number of nitrogens with zero attached hydrogens (tertiary/aromatic N) is 2. The van der Waals surface area contributed by atoms with Gasteiger partial charge < -0.3 is 5.11 Å². The lowest BCUT2D eigenvalue weighted by Gasteiger charge is -2.26. The van der Waals surface area contributed by atoms with Crippen LogP contribution >= 0.6 is 0 Å². The van der Waals surface area contributed by atoms with E-state index in [1.54, 1.807) is 0 Å². The molecule has 0 saturated carbocycles. The molecule has 0 bridgehead atoms. The van der Waals surface area contributed by atoms with Gasteiger partial charge in [0.1, 0.15) is 13.1 Å². The lowest BCUT2D eigenvalue weighted by molar-refractivity contribution is -0.213. The van der Waals surface area contributed by atoms with E-state index < -0.39 is 0 Å². The van der Waals surface area contributed by atoms with Gasteiger partial charge in [0.25, 0.3) is 0 Å². The summed E-state index contributed by atoms with van der Waals surface area (Å²) in [6.45, 7) is 5.78. The number of hydrogen-bond donors (Lipinski definition) is 0. The van der Waals surface area contributed by atoms with Gasteiger partial charge in [-0.15, -0.1) is 0 Å². The summed E-state index contributed by atoms with van der Waals surface area (Å²) in [5.74, 6) is -0.0794. The van der Waals surface area contributed by atoms with Gasteiger partial charge >= 0.3 is 0 Å². The quantitative estimate of drug-likeness (QED) is 0.642. The molecule has 0 N–H and O–H groups in total. The monoisotopic (exact) mass is 190 g/mol. The summed E-state index contributed by atoms with van der Waals surface area (Å²) >= 11 is 0. The molecule has 3 nitrogen and oxygen atoms in total. The van der Waals surface area contributed by atoms with Crippen LogP contribution in [0.1, 0.15) is 19.4 Å². The first kappa shape index (κ1) is 9.21. The van der Waals surface area contributed by atoms with Crippen molar-refractivity contribution in [1.29, 1.82) is 0 Å². The van der Waals surface area contributed by atoms with Crippen LogP contribution in [0.25, 0.3) is 0 Å². The highest BCUT2D eigenvalue weighted by molar-refractivity contribution is 5.99. The van der Waals surface area contributed by atoms with Crippen molar-refractivity contribution < 1.29 is 5.11 Å². The minimum atomic E-state index is -0.0794. The van der Waals surface area contributed by atoms with E-state index in [1.807, 2.05) is 24.3 Å². The first-order valence-corrected chi connectivity index (χ1v) is 4.98. The molecular formula is C11H14N2O. The van der Waals surface area contributed by atoms with Gasteiger partial charge in [0.2, 0.25) is 0 Å². The summed E-state index contributed by atoms with van der Waals surface area (Å²) in [5.41, 5.74) is 1.80. The fraction of sp³-hybridized carbons (Fsp3) is 0.364. The molecule has 0 amide bonds. The van der Waals surface area contributed by atoms with Gasteiger partial charge in [-0.1, -0.05) is 17.2 Å². The van der Waals surface area contributed by atoms with Crippen molar-refractivity contribution >= 4 is 11.6 Å². The van der Waals surface area contributed by atoms with Crippen molar-refractivity contribution in [3.05, 3.63) is 29.8 Å². The molecule has 2 rings (SSSR count). The van der Waals surface area contributed by atoms with Crippen LogP contribution in [-0.4, -0.2) is 19.0 Å². The van der Waals surface area contributed by atoms with Crippen LogP contribution in [0, 0.1) is 0 Å². The Morgan fingerprint density at radius 1 is 1.21 bits per heavy atom. The van der Waals surface area contributed by atoms with Gasteiger partial charge in [0.05, 0.1) is 11.5 Å². The van der Waals surface area contributed by atoms with Crippen molar-refractivity contribution in [3.63, 3.8) is 0 Å². The van der Waals surface area contributed by atoms with E-state index in [4.69, 9.17) is 0 Å². The highest BCUT2D eigenvalue weighted by Gasteiger charge is 2.34. The topological polar surface area (TPSA) is 35.4 Å². The van der Waals surface area contributed by atoms with Crippen LogP contribution in [0.2, 0.25) is 0 Å². The second-order valence-electron chi connectivity index (χ2n) is 3.48. The summed E-state index contributed by atoms with van der Waals surface area (Å²) in [7, 11) is 0. The number of para-hydroxylation sites is 1. The zero-order chi connectivity index (χ0) is 10.2. The molecule has 14 heavy (non-hydrogen) atoms. The van der Waals surface area contributed by atoms with E-state index in [0.717, 1.165) is 24.3 Å². The van der Waals surface area contributed by atoms with E-state index >= 15 is 0 Å². The summed E-state index contributed by atoms with van der Waals surface area (Å²) in [5, 5.41) is 15.8. The predicted molar refractivity (Wildman–Crippen MR) is 55.9 cm³/mol. The molecule has 1 aliphatic rings. The number of benzene rings is 1. The lowest BCUT2D eigenvalue weighted by Crippen LogP contribution is -2.42. The Morgan fingerprint density at radius 2 is 1.86 bits per heavy atom. The van der Waals surface area contributed by atoms with Gasteiger partial charge in [-0.05, 0) is 19.9 Å². The van der Waals surface area contributed by atoms with Crippen molar-refractivity contribution in [2.75, 3.05) is 13.1 Å². The van der Waals surface area contributed by atoms with Gasteiger partial charge in [-0.3, -0.25) is 0 Å². The van der Waals surface area contributed by atoms with Crippen LogP contribution in [0.3, 0.4) is 0 Å². The SMILES string of the molecule is CC[N+]1(CC)N=C([O-])c2ccccc21. The van der Waals surface area contributed by atoms with Crippen molar-refractivity contribution in [2.24, 2.45) is 5.10 Å². The molecular weight excluding hydrogens is 176 g/mol. The number of quaternary nitrogens is 1. The molecule has 1 heterocycles. The second kappa shape index (κ2) is 3.10. The van der Waals surface area contributed by atoms with E-state index in [-0.39, 0.29) is 5.90 Å². The third-order valence-electron chi connectivity index (χ3n) is 2.91. The molecule has 1 aromatic rings. The standard InChI is InChI=1S/C11H14N2O/c1-3-13(4-2)10-8-6-5-7-9(10)11(14)12-13/h5-8H,3-4H2,1-2H3. The first-order chi connectivity index (χ1) is 6.73. The molecule has 0 radical (unpaired) electrons. The highest BCUT2D eigenvalue weighted by atomic mass is 16.3. The van der Waals surface area contributed by atoms with E-state index in [0.29, 0.717) is 4.59 Å². The smallest absolute Gasteiger partial charge is 0.167 e. The number of rotatable bonds is 2. The minimum Gasteiger partial charge on any atom is -0.854 e. The molecule has 1 aromatic carbocycles. The van der Waals surface area contributed by atoms with Gasteiger partial charge in [0.15, 0.2) is 5.69 Å². The molecule has 1 aliphatic heterocycles. The van der Waals surface area contributed by atoms with E-state index in [2.05, 4.69) is 18.9 Å². The van der Waals surface area contributed by atoms with Crippen molar-refractivity contribution in [2.45, 2.75) is 13.8 Å². The lowest BCUT2D eigenvalue weighted by atomic mass is 10.1. The van der Waals surface area contributed by atoms with Crippen LogP contribution in [-0.2, 0) is 0 Å². The van der Waals surface area contributed by atoms with Crippen molar-refractivity contribution in [3.8, 4) is 0 Å². The number of fused-ring (bicyclic) bond motifs is 1. The van der Waals surface area contributed by atoms with Crippen LogP contribution < -0.4 is 9.70 Å². The Hall–Kier alpha value is -1.35. The summed E-state index contributed by atoms with van der Waals surface area (Å²) < 4.78 is 0.453. The summed E-state index contributed by atoms with van der Waals surface area (Å²) in [4.78, 5) is 0. The Balaban J connectivity index is 2.61.